The van der Waals surface area contributed by atoms with Crippen molar-refractivity contribution < 1.29 is 0 Å². The number of nitrogens with one attached hydrogen (secondary N) is 1. The number of hydrogen-bond donors (Lipinski definition) is 1. The van der Waals surface area contributed by atoms with Gasteiger partial charge in [0.1, 0.15) is 0 Å². The Bertz CT molecular complexity index is 313. The molecule has 1 aliphatic heterocycles. The van der Waals surface area contributed by atoms with Crippen LogP contribution in [0.15, 0.2) is 6.20 Å². The van der Waals surface area contributed by atoms with Gasteiger partial charge in [-0.3, -0.25) is 0 Å². The summed E-state index contributed by atoms with van der Waals surface area (Å²) < 4.78 is 0. The minimum absolute atomic E-state index is 0.623. The number of thiazole rings is 1. The summed E-state index contributed by atoms with van der Waals surface area (Å²) in [6.07, 6.45) is 1.99. The monoisotopic (exact) mass is 243 g/mol. The second-order valence-corrected chi connectivity index (χ2v) is 6.00. The topological polar surface area (TPSA) is 28.2 Å². The van der Waals surface area contributed by atoms with Crippen LogP contribution in [0.2, 0.25) is 0 Å². The molecule has 0 amide bonds. The van der Waals surface area contributed by atoms with Gasteiger partial charge in [-0.1, -0.05) is 0 Å². The second kappa shape index (κ2) is 5.18. The van der Waals surface area contributed by atoms with Gasteiger partial charge in [0.15, 0.2) is 5.13 Å². The van der Waals surface area contributed by atoms with Gasteiger partial charge < -0.3 is 10.2 Å². The molecule has 1 aliphatic rings. The van der Waals surface area contributed by atoms with Gasteiger partial charge in [-0.2, -0.15) is 11.8 Å². The van der Waals surface area contributed by atoms with Crippen molar-refractivity contribution >= 4 is 28.2 Å². The zero-order chi connectivity index (χ0) is 10.7. The summed E-state index contributed by atoms with van der Waals surface area (Å²) in [4.78, 5) is 8.25. The van der Waals surface area contributed by atoms with E-state index in [0.717, 1.165) is 13.1 Å². The standard InChI is InChI=1S/C10H17N3S2/c1-8-7-14-4-3-13(8)10-12-6-9(15-10)5-11-2/h6,8,11H,3-5,7H2,1-2H3. The Kier molecular flexibility index (Phi) is 3.88. The Balaban J connectivity index is 2.06. The Labute approximate surface area is 99.3 Å². The SMILES string of the molecule is CNCc1cnc(N2CCSCC2C)s1. The minimum Gasteiger partial charge on any atom is -0.344 e. The molecule has 2 rings (SSSR count). The normalized spacial score (nSPS) is 22.0. The maximum Gasteiger partial charge on any atom is 0.185 e. The van der Waals surface area contributed by atoms with Gasteiger partial charge in [0.25, 0.3) is 0 Å². The summed E-state index contributed by atoms with van der Waals surface area (Å²) >= 11 is 3.85. The molecule has 1 unspecified atom stereocenters. The van der Waals surface area contributed by atoms with Crippen LogP contribution in [0.1, 0.15) is 11.8 Å². The highest BCUT2D eigenvalue weighted by Gasteiger charge is 2.21. The highest BCUT2D eigenvalue weighted by atomic mass is 32.2. The molecule has 1 saturated heterocycles. The van der Waals surface area contributed by atoms with Gasteiger partial charge in [-0.25, -0.2) is 4.98 Å². The Morgan fingerprint density at radius 3 is 3.27 bits per heavy atom. The lowest BCUT2D eigenvalue weighted by molar-refractivity contribution is 0.697. The summed E-state index contributed by atoms with van der Waals surface area (Å²) in [7, 11) is 1.97. The molecule has 5 heteroatoms. The van der Waals surface area contributed by atoms with Crippen molar-refractivity contribution in [2.45, 2.75) is 19.5 Å². The smallest absolute Gasteiger partial charge is 0.185 e. The molecule has 0 saturated carbocycles. The van der Waals surface area contributed by atoms with Gasteiger partial charge in [-0.15, -0.1) is 11.3 Å². The molecule has 1 aromatic rings. The highest BCUT2D eigenvalue weighted by molar-refractivity contribution is 7.99. The zero-order valence-electron chi connectivity index (χ0n) is 9.19. The molecule has 0 aliphatic carbocycles. The zero-order valence-corrected chi connectivity index (χ0v) is 10.8. The van der Waals surface area contributed by atoms with E-state index in [9.17, 15) is 0 Å². The molecule has 3 nitrogen and oxygen atoms in total. The maximum atomic E-state index is 4.50. The van der Waals surface area contributed by atoms with Crippen molar-refractivity contribution in [1.29, 1.82) is 0 Å². The summed E-state index contributed by atoms with van der Waals surface area (Å²) in [5.74, 6) is 2.45. The van der Waals surface area contributed by atoms with E-state index in [-0.39, 0.29) is 0 Å². The van der Waals surface area contributed by atoms with E-state index >= 15 is 0 Å². The molecule has 15 heavy (non-hydrogen) atoms. The van der Waals surface area contributed by atoms with Crippen molar-refractivity contribution in [3.63, 3.8) is 0 Å². The fourth-order valence-corrected chi connectivity index (χ4v) is 3.76. The van der Waals surface area contributed by atoms with Crippen molar-refractivity contribution in [3.05, 3.63) is 11.1 Å². The molecule has 0 radical (unpaired) electrons. The Hall–Kier alpha value is -0.260. The van der Waals surface area contributed by atoms with Crippen LogP contribution in [0, 0.1) is 0 Å². The minimum atomic E-state index is 0.623. The second-order valence-electron chi connectivity index (χ2n) is 3.76. The predicted octanol–water partition coefficient (Wildman–Crippen LogP) is 1.80. The molecule has 1 aromatic heterocycles. The lowest BCUT2D eigenvalue weighted by atomic mass is 10.3. The predicted molar refractivity (Wildman–Crippen MR) is 69.0 cm³/mol. The number of thioether (sulfide) groups is 1. The van der Waals surface area contributed by atoms with Crippen molar-refractivity contribution in [2.75, 3.05) is 30.0 Å². The molecule has 1 N–H and O–H groups in total. The van der Waals surface area contributed by atoms with E-state index in [1.54, 1.807) is 0 Å². The van der Waals surface area contributed by atoms with Crippen LogP contribution in [0.5, 0.6) is 0 Å². The maximum absolute atomic E-state index is 4.50. The highest BCUT2D eigenvalue weighted by Crippen LogP contribution is 2.27. The number of rotatable bonds is 3. The van der Waals surface area contributed by atoms with E-state index < -0.39 is 0 Å². The van der Waals surface area contributed by atoms with Crippen LogP contribution in [-0.2, 0) is 6.54 Å². The summed E-state index contributed by atoms with van der Waals surface area (Å²) in [6.45, 7) is 4.35. The fraction of sp³-hybridized carbons (Fsp3) is 0.700. The van der Waals surface area contributed by atoms with Crippen molar-refractivity contribution in [3.8, 4) is 0 Å². The number of anilines is 1. The van der Waals surface area contributed by atoms with E-state index in [0.29, 0.717) is 6.04 Å². The number of nitrogens with zero attached hydrogens (tertiary/aromatic N) is 2. The molecule has 84 valence electrons. The average Bonchev–Trinajstić information content (AvgIpc) is 2.68. The first kappa shape index (κ1) is 11.2. The third-order valence-electron chi connectivity index (χ3n) is 2.51. The van der Waals surface area contributed by atoms with Gasteiger partial charge in [0, 0.05) is 41.7 Å². The van der Waals surface area contributed by atoms with Crippen LogP contribution >= 0.6 is 23.1 Å². The van der Waals surface area contributed by atoms with Gasteiger partial charge in [0.2, 0.25) is 0 Å². The quantitative estimate of drug-likeness (QED) is 0.876. The molecule has 1 atom stereocenters. The number of aromatic nitrogens is 1. The first-order valence-corrected chi connectivity index (χ1v) is 7.22. The molecular formula is C10H17N3S2. The largest absolute Gasteiger partial charge is 0.344 e. The Morgan fingerprint density at radius 2 is 2.53 bits per heavy atom. The van der Waals surface area contributed by atoms with Crippen LogP contribution < -0.4 is 10.2 Å². The lowest BCUT2D eigenvalue weighted by Gasteiger charge is -2.32. The first-order valence-electron chi connectivity index (χ1n) is 5.25. The van der Waals surface area contributed by atoms with Crippen LogP contribution in [0.3, 0.4) is 0 Å². The van der Waals surface area contributed by atoms with E-state index in [4.69, 9.17) is 0 Å². The van der Waals surface area contributed by atoms with Crippen molar-refractivity contribution in [2.24, 2.45) is 0 Å². The third-order valence-corrected chi connectivity index (χ3v) is 4.73. The first-order chi connectivity index (χ1) is 7.31. The molecular weight excluding hydrogens is 226 g/mol. The fourth-order valence-electron chi connectivity index (χ4n) is 1.70. The van der Waals surface area contributed by atoms with Gasteiger partial charge >= 0.3 is 0 Å². The van der Waals surface area contributed by atoms with Crippen LogP contribution in [-0.4, -0.2) is 36.1 Å². The molecule has 2 heterocycles. The molecule has 1 fully saturated rings. The van der Waals surface area contributed by atoms with Crippen LogP contribution in [0.4, 0.5) is 5.13 Å². The molecule has 0 bridgehead atoms. The Morgan fingerprint density at radius 1 is 1.67 bits per heavy atom. The van der Waals surface area contributed by atoms with Gasteiger partial charge in [-0.05, 0) is 14.0 Å². The van der Waals surface area contributed by atoms with E-state index in [2.05, 4.69) is 22.1 Å². The van der Waals surface area contributed by atoms with E-state index in [1.807, 2.05) is 36.3 Å². The summed E-state index contributed by atoms with van der Waals surface area (Å²) in [5.41, 5.74) is 0. The third kappa shape index (κ3) is 2.65. The van der Waals surface area contributed by atoms with E-state index in [1.165, 1.54) is 21.5 Å². The van der Waals surface area contributed by atoms with Crippen molar-refractivity contribution in [1.82, 2.24) is 10.3 Å². The number of hydrogen-bond acceptors (Lipinski definition) is 5. The average molecular weight is 243 g/mol. The molecule has 0 aromatic carbocycles. The summed E-state index contributed by atoms with van der Waals surface area (Å²) in [5, 5.41) is 4.35. The summed E-state index contributed by atoms with van der Waals surface area (Å²) in [6, 6.07) is 0.623. The van der Waals surface area contributed by atoms with Gasteiger partial charge in [0.05, 0.1) is 0 Å². The van der Waals surface area contributed by atoms with Crippen LogP contribution in [0.25, 0.3) is 0 Å². The lowest BCUT2D eigenvalue weighted by Crippen LogP contribution is -2.40. The molecule has 0 spiro atoms.